The Balaban J connectivity index is 1.49. The molecule has 3 atom stereocenters. The van der Waals surface area contributed by atoms with E-state index in [9.17, 15) is 14.4 Å². The van der Waals surface area contributed by atoms with Crippen LogP contribution >= 0.6 is 0 Å². The normalized spacial score (nSPS) is 12.6. The first-order valence-electron chi connectivity index (χ1n) is 17.3. The van der Waals surface area contributed by atoms with E-state index in [2.05, 4.69) is 56.9 Å². The van der Waals surface area contributed by atoms with Gasteiger partial charge in [-0.2, -0.15) is 0 Å². The van der Waals surface area contributed by atoms with Crippen LogP contribution in [0.3, 0.4) is 0 Å². The molecule has 0 saturated heterocycles. The highest BCUT2D eigenvalue weighted by molar-refractivity contribution is 5.93. The van der Waals surface area contributed by atoms with Gasteiger partial charge in [-0.3, -0.25) is 25.2 Å². The van der Waals surface area contributed by atoms with E-state index in [-0.39, 0.29) is 24.7 Å². The van der Waals surface area contributed by atoms with Crippen molar-refractivity contribution in [2.75, 3.05) is 19.6 Å². The Kier molecular flexibility index (Phi) is 15.0. The van der Waals surface area contributed by atoms with Crippen LogP contribution in [0.5, 0.6) is 0 Å². The molecule has 11 N–H and O–H groups in total. The SMILES string of the molecule is N=CNCCCC(N)C(=O)NC(Cc1ccc(-c2ccc3ccccc3c2)cc1)C(=O)NC(CCCNC(=N)N)C(=O)NCCc1ccccc1. The lowest BCUT2D eigenvalue weighted by Crippen LogP contribution is -2.56. The predicted octanol–water partition coefficient (Wildman–Crippen LogP) is 2.95. The molecule has 4 aromatic rings. The maximum atomic E-state index is 13.9. The third-order valence-electron chi connectivity index (χ3n) is 8.56. The zero-order chi connectivity index (χ0) is 36.4. The smallest absolute Gasteiger partial charge is 0.243 e. The summed E-state index contributed by atoms with van der Waals surface area (Å²) in [6.07, 6.45) is 3.55. The molecule has 0 saturated carbocycles. The van der Waals surface area contributed by atoms with Gasteiger partial charge in [0.25, 0.3) is 0 Å². The zero-order valence-electron chi connectivity index (χ0n) is 28.8. The van der Waals surface area contributed by atoms with Crippen molar-refractivity contribution in [2.45, 2.75) is 56.7 Å². The van der Waals surface area contributed by atoms with E-state index in [1.807, 2.05) is 66.7 Å². The van der Waals surface area contributed by atoms with Gasteiger partial charge in [0.15, 0.2) is 5.96 Å². The highest BCUT2D eigenvalue weighted by Gasteiger charge is 2.28. The van der Waals surface area contributed by atoms with Gasteiger partial charge in [0.2, 0.25) is 17.7 Å². The van der Waals surface area contributed by atoms with E-state index in [0.29, 0.717) is 45.3 Å². The molecule has 0 aliphatic heterocycles. The van der Waals surface area contributed by atoms with Crippen LogP contribution in [0, 0.1) is 10.8 Å². The molecule has 4 aromatic carbocycles. The molecule has 0 spiro atoms. The van der Waals surface area contributed by atoms with Crippen LogP contribution in [0.15, 0.2) is 97.1 Å². The maximum absolute atomic E-state index is 13.9. The zero-order valence-corrected chi connectivity index (χ0v) is 28.8. The summed E-state index contributed by atoms with van der Waals surface area (Å²) in [5.74, 6) is -1.51. The lowest BCUT2D eigenvalue weighted by Gasteiger charge is -2.24. The Morgan fingerprint density at radius 1 is 0.667 bits per heavy atom. The number of hydrogen-bond donors (Lipinski definition) is 9. The van der Waals surface area contributed by atoms with Gasteiger partial charge in [-0.25, -0.2) is 0 Å². The van der Waals surface area contributed by atoms with Crippen LogP contribution in [-0.4, -0.2) is 67.8 Å². The average molecular weight is 692 g/mol. The Morgan fingerprint density at radius 3 is 2.06 bits per heavy atom. The van der Waals surface area contributed by atoms with E-state index >= 15 is 0 Å². The van der Waals surface area contributed by atoms with Crippen LogP contribution in [-0.2, 0) is 27.2 Å². The summed E-state index contributed by atoms with van der Waals surface area (Å²) >= 11 is 0. The topological polar surface area (TPSA) is 211 Å². The van der Waals surface area contributed by atoms with Crippen molar-refractivity contribution >= 4 is 40.8 Å². The van der Waals surface area contributed by atoms with Crippen molar-refractivity contribution in [1.29, 1.82) is 10.8 Å². The summed E-state index contributed by atoms with van der Waals surface area (Å²) in [6, 6.07) is 29.3. The summed E-state index contributed by atoms with van der Waals surface area (Å²) in [4.78, 5) is 40.5. The van der Waals surface area contributed by atoms with E-state index in [0.717, 1.165) is 39.4 Å². The largest absolute Gasteiger partial charge is 0.377 e. The first-order chi connectivity index (χ1) is 24.7. The van der Waals surface area contributed by atoms with Gasteiger partial charge in [-0.1, -0.05) is 91.0 Å². The van der Waals surface area contributed by atoms with Crippen molar-refractivity contribution in [3.05, 3.63) is 108 Å². The first kappa shape index (κ1) is 38.1. The van der Waals surface area contributed by atoms with Gasteiger partial charge in [-0.05, 0) is 71.2 Å². The van der Waals surface area contributed by atoms with Gasteiger partial charge in [0.05, 0.1) is 12.4 Å². The molecule has 0 bridgehead atoms. The monoisotopic (exact) mass is 691 g/mol. The number of carbonyl (C=O) groups is 3. The third kappa shape index (κ3) is 12.6. The molecule has 0 aliphatic carbocycles. The Hall–Kier alpha value is -5.75. The minimum atomic E-state index is -1.01. The predicted molar refractivity (Wildman–Crippen MR) is 203 cm³/mol. The van der Waals surface area contributed by atoms with E-state index in [1.165, 1.54) is 0 Å². The maximum Gasteiger partial charge on any atom is 0.243 e. The van der Waals surface area contributed by atoms with Crippen molar-refractivity contribution in [3.8, 4) is 11.1 Å². The van der Waals surface area contributed by atoms with Crippen LogP contribution in [0.25, 0.3) is 21.9 Å². The standard InChI is InChI=1S/C39H49N9O3/c40-26-44-21-6-12-33(41)36(49)48-35(24-28-14-16-30(17-15-28)32-19-18-29-10-4-5-11-31(29)25-32)38(51)47-34(13-7-22-46-39(42)43)37(50)45-23-20-27-8-2-1-3-9-27/h1-5,8-11,14-19,25-26,33-35H,6-7,12-13,20-24,41H2,(H2,40,44)(H,45,50)(H,47,51)(H,48,49)(H4,42,43,46). The summed E-state index contributed by atoms with van der Waals surface area (Å²) < 4.78 is 0. The molecule has 3 unspecified atom stereocenters. The fraction of sp³-hybridized carbons (Fsp3) is 0.308. The molecule has 0 radical (unpaired) electrons. The number of amides is 3. The lowest BCUT2D eigenvalue weighted by molar-refractivity contribution is -0.132. The Labute approximate surface area is 299 Å². The van der Waals surface area contributed by atoms with Crippen LogP contribution in [0.2, 0.25) is 0 Å². The molecule has 0 fully saturated rings. The highest BCUT2D eigenvalue weighted by Crippen LogP contribution is 2.25. The Bertz CT molecular complexity index is 1750. The number of guanidine groups is 1. The number of nitrogens with one attached hydrogen (secondary N) is 7. The molecule has 4 rings (SSSR count). The van der Waals surface area contributed by atoms with Gasteiger partial charge in [0, 0.05) is 26.1 Å². The fourth-order valence-electron chi connectivity index (χ4n) is 5.72. The minimum absolute atomic E-state index is 0.173. The van der Waals surface area contributed by atoms with Gasteiger partial charge in [0.1, 0.15) is 12.1 Å². The summed E-state index contributed by atoms with van der Waals surface area (Å²) in [7, 11) is 0. The molecule has 268 valence electrons. The summed E-state index contributed by atoms with van der Waals surface area (Å²) in [5, 5.41) is 31.0. The van der Waals surface area contributed by atoms with E-state index < -0.39 is 29.9 Å². The van der Waals surface area contributed by atoms with Crippen molar-refractivity contribution < 1.29 is 14.4 Å². The summed E-state index contributed by atoms with van der Waals surface area (Å²) in [6.45, 7) is 1.23. The van der Waals surface area contributed by atoms with Crippen LogP contribution in [0.4, 0.5) is 0 Å². The second kappa shape index (κ2) is 20.1. The molecule has 51 heavy (non-hydrogen) atoms. The molecule has 12 heteroatoms. The average Bonchev–Trinajstić information content (AvgIpc) is 3.14. The van der Waals surface area contributed by atoms with Crippen molar-refractivity contribution in [2.24, 2.45) is 11.5 Å². The second-order valence-corrected chi connectivity index (χ2v) is 12.4. The fourth-order valence-corrected chi connectivity index (χ4v) is 5.72. The molecular weight excluding hydrogens is 642 g/mol. The van der Waals surface area contributed by atoms with Crippen LogP contribution < -0.4 is 38.1 Å². The Morgan fingerprint density at radius 2 is 1.33 bits per heavy atom. The number of carbonyl (C=O) groups excluding carboxylic acids is 3. The first-order valence-corrected chi connectivity index (χ1v) is 17.3. The number of fused-ring (bicyclic) bond motifs is 1. The van der Waals surface area contributed by atoms with Crippen molar-refractivity contribution in [1.82, 2.24) is 26.6 Å². The lowest BCUT2D eigenvalue weighted by atomic mass is 9.98. The van der Waals surface area contributed by atoms with Gasteiger partial charge in [-0.15, -0.1) is 0 Å². The summed E-state index contributed by atoms with van der Waals surface area (Å²) in [5.41, 5.74) is 15.6. The molecule has 0 aliphatic rings. The number of benzene rings is 4. The highest BCUT2D eigenvalue weighted by atomic mass is 16.2. The molecule has 0 heterocycles. The van der Waals surface area contributed by atoms with Gasteiger partial charge < -0.3 is 38.1 Å². The molecule has 0 aromatic heterocycles. The van der Waals surface area contributed by atoms with Crippen LogP contribution in [0.1, 0.15) is 36.8 Å². The molecular formula is C39H49N9O3. The second-order valence-electron chi connectivity index (χ2n) is 12.4. The number of rotatable bonds is 20. The minimum Gasteiger partial charge on any atom is -0.377 e. The van der Waals surface area contributed by atoms with Crippen molar-refractivity contribution in [3.63, 3.8) is 0 Å². The number of hydrogen-bond acceptors (Lipinski definition) is 6. The number of nitrogens with two attached hydrogens (primary N) is 2. The molecule has 3 amide bonds. The van der Waals surface area contributed by atoms with E-state index in [4.69, 9.17) is 22.3 Å². The van der Waals surface area contributed by atoms with Gasteiger partial charge >= 0.3 is 0 Å². The molecule has 12 nitrogen and oxygen atoms in total. The van der Waals surface area contributed by atoms with E-state index in [1.54, 1.807) is 0 Å². The third-order valence-corrected chi connectivity index (χ3v) is 8.56. The quantitative estimate of drug-likeness (QED) is 0.0384.